The van der Waals surface area contributed by atoms with E-state index in [1.165, 1.54) is 17.7 Å². The van der Waals surface area contributed by atoms with E-state index in [0.29, 0.717) is 24.7 Å². The highest BCUT2D eigenvalue weighted by Crippen LogP contribution is 2.36. The van der Waals surface area contributed by atoms with Gasteiger partial charge in [0, 0.05) is 18.5 Å². The van der Waals surface area contributed by atoms with Gasteiger partial charge in [-0.15, -0.1) is 0 Å². The quantitative estimate of drug-likeness (QED) is 0.728. The summed E-state index contributed by atoms with van der Waals surface area (Å²) in [5.41, 5.74) is 1.18. The topological polar surface area (TPSA) is 94.1 Å². The smallest absolute Gasteiger partial charge is 0.261 e. The van der Waals surface area contributed by atoms with E-state index in [1.54, 1.807) is 0 Å². The number of nitrogens with one attached hydrogen (secondary N) is 1. The number of halogens is 1. The lowest BCUT2D eigenvalue weighted by atomic mass is 9.81. The highest BCUT2D eigenvalue weighted by atomic mass is 32.2. The molecule has 2 aliphatic rings. The third-order valence-electron chi connectivity index (χ3n) is 4.71. The van der Waals surface area contributed by atoms with E-state index in [1.807, 2.05) is 30.3 Å². The summed E-state index contributed by atoms with van der Waals surface area (Å²) < 4.78 is 55.7. The van der Waals surface area contributed by atoms with Crippen LogP contribution in [-0.4, -0.2) is 45.7 Å². The first kappa shape index (κ1) is 21.4. The van der Waals surface area contributed by atoms with Gasteiger partial charge in [0.15, 0.2) is 11.5 Å². The van der Waals surface area contributed by atoms with Crippen LogP contribution in [-0.2, 0) is 10.1 Å². The molecule has 29 heavy (non-hydrogen) atoms. The van der Waals surface area contributed by atoms with Crippen molar-refractivity contribution in [1.29, 1.82) is 0 Å². The standard InChI is InChI=1S/C19H20FNO3.CH4O3S/c20-15-3-1-13(2-4-15)17-7-8-21-10-14(17)11-22-16-5-6-18-19(9-16)24-12-23-18;1-5(2,3)4/h1-6,9,14,17,21H,7-8,10-12H2;1H3,(H,2,3,4)/t14-,17?;/m1./s1. The van der Waals surface area contributed by atoms with Crippen LogP contribution in [0.2, 0.25) is 0 Å². The fourth-order valence-electron chi connectivity index (χ4n) is 3.42. The Morgan fingerprint density at radius 2 is 1.86 bits per heavy atom. The summed E-state index contributed by atoms with van der Waals surface area (Å²) >= 11 is 0. The Labute approximate surface area is 169 Å². The molecule has 0 aromatic heterocycles. The first-order valence-corrected chi connectivity index (χ1v) is 11.1. The number of rotatable bonds is 4. The molecule has 7 nitrogen and oxygen atoms in total. The number of hydrogen-bond acceptors (Lipinski definition) is 6. The molecule has 0 radical (unpaired) electrons. The van der Waals surface area contributed by atoms with Gasteiger partial charge in [-0.1, -0.05) is 12.1 Å². The van der Waals surface area contributed by atoms with Crippen molar-refractivity contribution in [3.05, 3.63) is 53.8 Å². The van der Waals surface area contributed by atoms with Gasteiger partial charge < -0.3 is 19.5 Å². The summed E-state index contributed by atoms with van der Waals surface area (Å²) in [6.45, 7) is 2.74. The van der Waals surface area contributed by atoms with E-state index in [9.17, 15) is 12.8 Å². The van der Waals surface area contributed by atoms with Gasteiger partial charge in [-0.25, -0.2) is 4.39 Å². The van der Waals surface area contributed by atoms with E-state index < -0.39 is 10.1 Å². The van der Waals surface area contributed by atoms with E-state index in [4.69, 9.17) is 18.8 Å². The van der Waals surface area contributed by atoms with Crippen molar-refractivity contribution in [3.8, 4) is 17.2 Å². The number of ether oxygens (including phenoxy) is 3. The molecule has 4 rings (SSSR count). The van der Waals surface area contributed by atoms with Crippen LogP contribution >= 0.6 is 0 Å². The maximum atomic E-state index is 13.2. The normalized spacial score (nSPS) is 20.5. The average Bonchev–Trinajstić information content (AvgIpc) is 3.14. The molecule has 2 atom stereocenters. The summed E-state index contributed by atoms with van der Waals surface area (Å²) in [6.07, 6.45) is 1.74. The summed E-state index contributed by atoms with van der Waals surface area (Å²) in [5, 5.41) is 3.43. The van der Waals surface area contributed by atoms with Crippen molar-refractivity contribution >= 4 is 10.1 Å². The highest BCUT2D eigenvalue weighted by molar-refractivity contribution is 7.85. The zero-order valence-electron chi connectivity index (χ0n) is 16.0. The van der Waals surface area contributed by atoms with Crippen molar-refractivity contribution in [3.63, 3.8) is 0 Å². The maximum Gasteiger partial charge on any atom is 0.261 e. The fraction of sp³-hybridized carbons (Fsp3) is 0.400. The average molecular weight is 425 g/mol. The Bertz CT molecular complexity index is 911. The fourth-order valence-corrected chi connectivity index (χ4v) is 3.42. The summed E-state index contributed by atoms with van der Waals surface area (Å²) in [7, 11) is -3.67. The Balaban J connectivity index is 0.000000431. The number of piperidine rings is 1. The van der Waals surface area contributed by atoms with Crippen LogP contribution in [0, 0.1) is 11.7 Å². The third-order valence-corrected chi connectivity index (χ3v) is 4.71. The van der Waals surface area contributed by atoms with Crippen LogP contribution in [0.5, 0.6) is 17.2 Å². The van der Waals surface area contributed by atoms with Crippen molar-refractivity contribution in [2.24, 2.45) is 5.92 Å². The van der Waals surface area contributed by atoms with E-state index in [-0.39, 0.29) is 12.6 Å². The highest BCUT2D eigenvalue weighted by Gasteiger charge is 2.27. The zero-order valence-corrected chi connectivity index (χ0v) is 16.8. The predicted molar refractivity (Wildman–Crippen MR) is 106 cm³/mol. The molecule has 0 saturated carbocycles. The lowest BCUT2D eigenvalue weighted by Gasteiger charge is -2.32. The molecule has 0 aliphatic carbocycles. The number of fused-ring (bicyclic) bond motifs is 1. The van der Waals surface area contributed by atoms with Crippen molar-refractivity contribution < 1.29 is 31.6 Å². The second-order valence-electron chi connectivity index (χ2n) is 6.97. The van der Waals surface area contributed by atoms with Gasteiger partial charge in [-0.2, -0.15) is 8.42 Å². The third kappa shape index (κ3) is 6.59. The number of benzene rings is 2. The minimum Gasteiger partial charge on any atom is -0.493 e. The van der Waals surface area contributed by atoms with Crippen LogP contribution in [0.1, 0.15) is 17.9 Å². The van der Waals surface area contributed by atoms with Gasteiger partial charge in [-0.3, -0.25) is 4.55 Å². The molecule has 2 heterocycles. The molecule has 0 bridgehead atoms. The molecule has 1 saturated heterocycles. The minimum absolute atomic E-state index is 0.194. The van der Waals surface area contributed by atoms with Crippen LogP contribution in [0.4, 0.5) is 4.39 Å². The molecular formula is C20H24FNO6S. The zero-order chi connectivity index (χ0) is 20.9. The Hall–Kier alpha value is -2.36. The molecule has 0 amide bonds. The molecule has 1 fully saturated rings. The molecule has 158 valence electrons. The van der Waals surface area contributed by atoms with Crippen LogP contribution in [0.3, 0.4) is 0 Å². The van der Waals surface area contributed by atoms with E-state index >= 15 is 0 Å². The monoisotopic (exact) mass is 425 g/mol. The first-order chi connectivity index (χ1) is 13.8. The van der Waals surface area contributed by atoms with Gasteiger partial charge in [0.2, 0.25) is 6.79 Å². The van der Waals surface area contributed by atoms with Crippen molar-refractivity contribution in [2.75, 3.05) is 32.7 Å². The Kier molecular flexibility index (Phi) is 6.94. The summed E-state index contributed by atoms with van der Waals surface area (Å²) in [5.74, 6) is 2.79. The van der Waals surface area contributed by atoms with Gasteiger partial charge >= 0.3 is 0 Å². The SMILES string of the molecule is CS(=O)(=O)O.Fc1ccc(C2CCNC[C@@H]2COc2ccc3c(c2)OCO3)cc1. The molecule has 0 spiro atoms. The molecule has 2 aromatic rings. The molecule has 2 aliphatic heterocycles. The summed E-state index contributed by atoms with van der Waals surface area (Å²) in [4.78, 5) is 0. The number of hydrogen-bond donors (Lipinski definition) is 2. The second kappa shape index (κ2) is 9.43. The molecular weight excluding hydrogens is 401 g/mol. The maximum absolute atomic E-state index is 13.2. The largest absolute Gasteiger partial charge is 0.493 e. The lowest BCUT2D eigenvalue weighted by Crippen LogP contribution is -2.38. The second-order valence-corrected chi connectivity index (χ2v) is 8.44. The van der Waals surface area contributed by atoms with E-state index in [0.717, 1.165) is 36.8 Å². The minimum atomic E-state index is -3.67. The Morgan fingerprint density at radius 3 is 2.59 bits per heavy atom. The van der Waals surface area contributed by atoms with Crippen molar-refractivity contribution in [1.82, 2.24) is 5.32 Å². The van der Waals surface area contributed by atoms with Gasteiger partial charge in [-0.05, 0) is 48.7 Å². The molecule has 2 aromatic carbocycles. The first-order valence-electron chi connectivity index (χ1n) is 9.20. The van der Waals surface area contributed by atoms with Crippen LogP contribution < -0.4 is 19.5 Å². The van der Waals surface area contributed by atoms with Crippen molar-refractivity contribution in [2.45, 2.75) is 12.3 Å². The molecule has 1 unspecified atom stereocenters. The summed E-state index contributed by atoms with van der Waals surface area (Å²) in [6, 6.07) is 12.5. The van der Waals surface area contributed by atoms with Crippen LogP contribution in [0.25, 0.3) is 0 Å². The molecule has 2 N–H and O–H groups in total. The molecule has 9 heteroatoms. The predicted octanol–water partition coefficient (Wildman–Crippen LogP) is 2.83. The lowest BCUT2D eigenvalue weighted by molar-refractivity contribution is 0.173. The van der Waals surface area contributed by atoms with Gasteiger partial charge in [0.25, 0.3) is 10.1 Å². The van der Waals surface area contributed by atoms with Gasteiger partial charge in [0.05, 0.1) is 12.9 Å². The van der Waals surface area contributed by atoms with E-state index in [2.05, 4.69) is 5.32 Å². The Morgan fingerprint density at radius 1 is 1.17 bits per heavy atom. The van der Waals surface area contributed by atoms with Gasteiger partial charge in [0.1, 0.15) is 11.6 Å². The van der Waals surface area contributed by atoms with Crippen LogP contribution in [0.15, 0.2) is 42.5 Å².